The molecule has 1 N–H and O–H groups in total. The zero-order chi connectivity index (χ0) is 31.4. The Bertz CT molecular complexity index is 1570. The Morgan fingerprint density at radius 2 is 1.80 bits per heavy atom. The molecule has 2 aliphatic rings. The van der Waals surface area contributed by atoms with Gasteiger partial charge in [0.25, 0.3) is 5.56 Å². The van der Waals surface area contributed by atoms with Crippen LogP contribution in [0.5, 0.6) is 5.75 Å². The van der Waals surface area contributed by atoms with Crippen molar-refractivity contribution in [2.75, 3.05) is 38.1 Å². The van der Waals surface area contributed by atoms with Crippen LogP contribution in [0.2, 0.25) is 0 Å². The average Bonchev–Trinajstić information content (AvgIpc) is 3.51. The van der Waals surface area contributed by atoms with Crippen LogP contribution in [0.15, 0.2) is 29.2 Å². The number of nitrogens with zero attached hydrogens (tertiary/aromatic N) is 5. The topological polar surface area (TPSA) is 110 Å². The number of likely N-dealkylation sites (tertiary alicyclic amines) is 1. The largest absolute Gasteiger partial charge is 0.493 e. The minimum absolute atomic E-state index is 0.0300. The van der Waals surface area contributed by atoms with E-state index in [4.69, 9.17) is 9.72 Å². The first-order valence-electron chi connectivity index (χ1n) is 16.1. The molecule has 1 aromatic carbocycles. The molecule has 1 amide bonds. The van der Waals surface area contributed by atoms with Gasteiger partial charge in [-0.3, -0.25) is 19.0 Å². The summed E-state index contributed by atoms with van der Waals surface area (Å²) in [6.07, 6.45) is 8.58. The maximum Gasteiger partial charge on any atom is 0.263 e. The molecule has 1 saturated heterocycles. The Kier molecular flexibility index (Phi) is 9.98. The molecular formula is C34H46N6O4. The molecule has 0 radical (unpaired) electrons. The number of ketones is 1. The number of hydrogen-bond acceptors (Lipinski definition) is 8. The SMILES string of the molecule is CCN(CCCOc1cc(C)cc(Nc2ncc3c(C)c(C(C)=O)c(=O)n(C4CCCC4)c3n2)c1)C1CCN(C(C)=O)CC1. The maximum absolute atomic E-state index is 13.5. The van der Waals surface area contributed by atoms with E-state index in [1.165, 1.54) is 6.92 Å². The highest BCUT2D eigenvalue weighted by Gasteiger charge is 2.26. The van der Waals surface area contributed by atoms with Crippen molar-refractivity contribution in [3.63, 3.8) is 0 Å². The second-order valence-electron chi connectivity index (χ2n) is 12.3. The monoisotopic (exact) mass is 602 g/mol. The molecule has 3 heterocycles. The summed E-state index contributed by atoms with van der Waals surface area (Å²) in [6, 6.07) is 6.52. The number of Topliss-reactive ketones (excluding diaryl/α,β-unsaturated/α-hetero) is 1. The van der Waals surface area contributed by atoms with Crippen LogP contribution in [0.1, 0.15) is 93.2 Å². The number of nitrogens with one attached hydrogen (secondary N) is 1. The Hall–Kier alpha value is -3.79. The van der Waals surface area contributed by atoms with E-state index in [9.17, 15) is 14.4 Å². The van der Waals surface area contributed by atoms with Crippen LogP contribution in [0.3, 0.4) is 0 Å². The van der Waals surface area contributed by atoms with Crippen molar-refractivity contribution in [1.82, 2.24) is 24.3 Å². The number of rotatable bonds is 11. The number of amides is 1. The third kappa shape index (κ3) is 6.96. The molecule has 236 valence electrons. The van der Waals surface area contributed by atoms with E-state index < -0.39 is 0 Å². The molecule has 0 spiro atoms. The molecule has 2 aromatic heterocycles. The maximum atomic E-state index is 13.5. The number of ether oxygens (including phenoxy) is 1. The Balaban J connectivity index is 1.27. The number of piperidine rings is 1. The van der Waals surface area contributed by atoms with Crippen molar-refractivity contribution in [2.24, 2.45) is 0 Å². The van der Waals surface area contributed by atoms with Crippen molar-refractivity contribution >= 4 is 34.4 Å². The van der Waals surface area contributed by atoms with Crippen LogP contribution in [0.4, 0.5) is 11.6 Å². The molecule has 2 fully saturated rings. The second kappa shape index (κ2) is 13.9. The number of benzene rings is 1. The van der Waals surface area contributed by atoms with E-state index in [1.807, 2.05) is 30.0 Å². The van der Waals surface area contributed by atoms with Gasteiger partial charge >= 0.3 is 0 Å². The third-order valence-corrected chi connectivity index (χ3v) is 9.25. The lowest BCUT2D eigenvalue weighted by atomic mass is 10.0. The quantitative estimate of drug-likeness (QED) is 0.224. The summed E-state index contributed by atoms with van der Waals surface area (Å²) in [5.41, 5.74) is 3.02. The fourth-order valence-corrected chi connectivity index (χ4v) is 6.94. The zero-order valence-corrected chi connectivity index (χ0v) is 26.8. The van der Waals surface area contributed by atoms with Gasteiger partial charge in [-0.25, -0.2) is 4.98 Å². The summed E-state index contributed by atoms with van der Waals surface area (Å²) in [5.74, 6) is 1.11. The molecule has 5 rings (SSSR count). The molecule has 0 unspecified atom stereocenters. The highest BCUT2D eigenvalue weighted by molar-refractivity contribution is 5.99. The van der Waals surface area contributed by atoms with Crippen LogP contribution in [0.25, 0.3) is 11.0 Å². The fraction of sp³-hybridized carbons (Fsp3) is 0.559. The standard InChI is InChI=1S/C34H46N6O4/c1-6-38(27-12-15-39(16-13-27)25(5)42)14-9-17-44-29-19-22(2)18-26(20-29)36-34-35-21-30-23(3)31(24(4)41)33(43)40(32(30)37-34)28-10-7-8-11-28/h18-21,27-28H,6-17H2,1-5H3,(H,35,36,37). The molecule has 10 heteroatoms. The molecule has 1 saturated carbocycles. The summed E-state index contributed by atoms with van der Waals surface area (Å²) in [6.45, 7) is 13.3. The first-order valence-corrected chi connectivity index (χ1v) is 16.1. The molecular weight excluding hydrogens is 556 g/mol. The van der Waals surface area contributed by atoms with Gasteiger partial charge in [0.05, 0.1) is 12.2 Å². The Labute approximate surface area is 259 Å². The van der Waals surface area contributed by atoms with E-state index in [-0.39, 0.29) is 28.9 Å². The zero-order valence-electron chi connectivity index (χ0n) is 26.8. The van der Waals surface area contributed by atoms with Crippen molar-refractivity contribution in [1.29, 1.82) is 0 Å². The van der Waals surface area contributed by atoms with E-state index in [1.54, 1.807) is 24.6 Å². The van der Waals surface area contributed by atoms with Gasteiger partial charge in [0.2, 0.25) is 11.9 Å². The van der Waals surface area contributed by atoms with Gasteiger partial charge in [-0.05, 0) is 82.7 Å². The number of pyridine rings is 1. The van der Waals surface area contributed by atoms with Crippen LogP contribution < -0.4 is 15.6 Å². The number of aromatic nitrogens is 3. The average molecular weight is 603 g/mol. The molecule has 0 atom stereocenters. The van der Waals surface area contributed by atoms with Gasteiger partial charge in [0.1, 0.15) is 11.4 Å². The number of aryl methyl sites for hydroxylation is 2. The highest BCUT2D eigenvalue weighted by Crippen LogP contribution is 2.32. The summed E-state index contributed by atoms with van der Waals surface area (Å²) < 4.78 is 7.91. The number of anilines is 2. The first-order chi connectivity index (χ1) is 21.2. The Morgan fingerprint density at radius 3 is 2.45 bits per heavy atom. The van der Waals surface area contributed by atoms with Crippen LogP contribution >= 0.6 is 0 Å². The van der Waals surface area contributed by atoms with Crippen LogP contribution in [-0.2, 0) is 4.79 Å². The normalized spacial score (nSPS) is 16.2. The Morgan fingerprint density at radius 1 is 1.07 bits per heavy atom. The number of hydrogen-bond donors (Lipinski definition) is 1. The van der Waals surface area contributed by atoms with Crippen molar-refractivity contribution < 1.29 is 14.3 Å². The summed E-state index contributed by atoms with van der Waals surface area (Å²) in [4.78, 5) is 51.5. The van der Waals surface area contributed by atoms with Gasteiger partial charge < -0.3 is 19.9 Å². The third-order valence-electron chi connectivity index (χ3n) is 9.25. The lowest BCUT2D eigenvalue weighted by molar-refractivity contribution is -0.130. The van der Waals surface area contributed by atoms with Gasteiger partial charge in [-0.15, -0.1) is 0 Å². The van der Waals surface area contributed by atoms with E-state index >= 15 is 0 Å². The smallest absolute Gasteiger partial charge is 0.263 e. The molecule has 1 aliphatic heterocycles. The molecule has 0 bridgehead atoms. The van der Waals surface area contributed by atoms with E-state index in [0.717, 1.165) is 93.5 Å². The van der Waals surface area contributed by atoms with Gasteiger partial charge in [0, 0.05) is 62.0 Å². The number of carbonyl (C=O) groups excluding carboxylic acids is 2. The van der Waals surface area contributed by atoms with Gasteiger partial charge in [-0.2, -0.15) is 4.98 Å². The molecule has 3 aromatic rings. The lowest BCUT2D eigenvalue weighted by Crippen LogP contribution is -2.46. The number of fused-ring (bicyclic) bond motifs is 1. The molecule has 44 heavy (non-hydrogen) atoms. The lowest BCUT2D eigenvalue weighted by Gasteiger charge is -2.37. The fourth-order valence-electron chi connectivity index (χ4n) is 6.94. The highest BCUT2D eigenvalue weighted by atomic mass is 16.5. The molecule has 10 nitrogen and oxygen atoms in total. The predicted octanol–water partition coefficient (Wildman–Crippen LogP) is 5.57. The van der Waals surface area contributed by atoms with Crippen LogP contribution in [-0.4, -0.2) is 74.9 Å². The van der Waals surface area contributed by atoms with E-state index in [2.05, 4.69) is 22.1 Å². The minimum Gasteiger partial charge on any atom is -0.493 e. The predicted molar refractivity (Wildman–Crippen MR) is 173 cm³/mol. The summed E-state index contributed by atoms with van der Waals surface area (Å²) in [5, 5.41) is 4.05. The van der Waals surface area contributed by atoms with Crippen LogP contribution in [0, 0.1) is 13.8 Å². The number of carbonyl (C=O) groups is 2. The second-order valence-corrected chi connectivity index (χ2v) is 12.3. The first kappa shape index (κ1) is 31.6. The summed E-state index contributed by atoms with van der Waals surface area (Å²) in [7, 11) is 0. The minimum atomic E-state index is -0.256. The van der Waals surface area contributed by atoms with Gasteiger partial charge in [0.15, 0.2) is 5.78 Å². The summed E-state index contributed by atoms with van der Waals surface area (Å²) >= 11 is 0. The van der Waals surface area contributed by atoms with Crippen molar-refractivity contribution in [3.8, 4) is 5.75 Å². The van der Waals surface area contributed by atoms with Gasteiger partial charge in [-0.1, -0.05) is 19.8 Å². The van der Waals surface area contributed by atoms with Crippen molar-refractivity contribution in [2.45, 2.75) is 91.6 Å². The van der Waals surface area contributed by atoms with Crippen molar-refractivity contribution in [3.05, 3.63) is 51.4 Å². The van der Waals surface area contributed by atoms with E-state index in [0.29, 0.717) is 29.8 Å². The molecule has 1 aliphatic carbocycles.